The topological polar surface area (TPSA) is 105 Å². The average molecular weight is 584 g/mol. The highest BCUT2D eigenvalue weighted by atomic mass is 32.2. The van der Waals surface area contributed by atoms with Crippen LogP contribution < -0.4 is 19.1 Å². The predicted molar refractivity (Wildman–Crippen MR) is 154 cm³/mol. The predicted octanol–water partition coefficient (Wildman–Crippen LogP) is 3.88. The number of carbonyl (C=O) groups excluding carboxylic acids is 2. The number of nitrogens with zero attached hydrogens (tertiary/aromatic N) is 2. The van der Waals surface area contributed by atoms with Crippen LogP contribution in [0.5, 0.6) is 11.5 Å². The Morgan fingerprint density at radius 1 is 0.976 bits per heavy atom. The first kappa shape index (κ1) is 29.9. The van der Waals surface area contributed by atoms with Crippen molar-refractivity contribution in [1.29, 1.82) is 0 Å². The summed E-state index contributed by atoms with van der Waals surface area (Å²) in [7, 11) is -3.95. The van der Waals surface area contributed by atoms with E-state index in [1.165, 1.54) is 42.2 Å². The maximum Gasteiger partial charge on any atom is 0.244 e. The molecule has 9 nitrogen and oxygen atoms in total. The average Bonchev–Trinajstić information content (AvgIpc) is 3.42. The lowest BCUT2D eigenvalue weighted by atomic mass is 10.0. The van der Waals surface area contributed by atoms with Gasteiger partial charge in [-0.05, 0) is 44.5 Å². The van der Waals surface area contributed by atoms with E-state index in [2.05, 4.69) is 5.32 Å². The smallest absolute Gasteiger partial charge is 0.244 e. The number of halogens is 1. The molecule has 1 heterocycles. The van der Waals surface area contributed by atoms with Crippen molar-refractivity contribution in [2.75, 3.05) is 23.4 Å². The highest BCUT2D eigenvalue weighted by molar-refractivity contribution is 7.92. The van der Waals surface area contributed by atoms with Crippen LogP contribution in [0.15, 0.2) is 72.8 Å². The number of sulfonamides is 1. The zero-order chi connectivity index (χ0) is 29.6. The van der Waals surface area contributed by atoms with Gasteiger partial charge in [-0.1, -0.05) is 48.5 Å². The number of anilines is 1. The second kappa shape index (κ2) is 13.0. The third kappa shape index (κ3) is 7.35. The van der Waals surface area contributed by atoms with E-state index < -0.39 is 40.2 Å². The van der Waals surface area contributed by atoms with Crippen molar-refractivity contribution in [1.82, 2.24) is 10.2 Å². The lowest BCUT2D eigenvalue weighted by Crippen LogP contribution is -2.54. The molecule has 3 aromatic carbocycles. The van der Waals surface area contributed by atoms with Crippen LogP contribution in [0.2, 0.25) is 0 Å². The molecule has 41 heavy (non-hydrogen) atoms. The summed E-state index contributed by atoms with van der Waals surface area (Å²) in [6.07, 6.45) is 0.143. The van der Waals surface area contributed by atoms with E-state index in [9.17, 15) is 22.4 Å². The number of ether oxygens (including phenoxy) is 2. The second-order valence-corrected chi connectivity index (χ2v) is 12.1. The van der Waals surface area contributed by atoms with E-state index in [-0.39, 0.29) is 42.8 Å². The molecule has 1 N–H and O–H groups in total. The van der Waals surface area contributed by atoms with Gasteiger partial charge in [-0.3, -0.25) is 13.9 Å². The van der Waals surface area contributed by atoms with E-state index in [4.69, 9.17) is 9.47 Å². The molecule has 1 aliphatic heterocycles. The number of rotatable bonds is 12. The maximum absolute atomic E-state index is 14.8. The number of fused-ring (bicyclic) bond motifs is 1. The van der Waals surface area contributed by atoms with Gasteiger partial charge in [-0.25, -0.2) is 12.8 Å². The molecule has 0 spiro atoms. The fraction of sp³-hybridized carbons (Fsp3) is 0.333. The molecule has 2 amide bonds. The van der Waals surface area contributed by atoms with Crippen molar-refractivity contribution >= 4 is 27.5 Å². The van der Waals surface area contributed by atoms with Crippen LogP contribution in [0.3, 0.4) is 0 Å². The summed E-state index contributed by atoms with van der Waals surface area (Å²) in [6, 6.07) is 18.5. The number of benzene rings is 3. The van der Waals surface area contributed by atoms with Crippen molar-refractivity contribution < 1.29 is 31.9 Å². The third-order valence-corrected chi connectivity index (χ3v) is 8.37. The Bertz CT molecular complexity index is 1480. The summed E-state index contributed by atoms with van der Waals surface area (Å²) in [5, 5.41) is 2.86. The zero-order valence-electron chi connectivity index (χ0n) is 23.2. The number of amides is 2. The largest absolute Gasteiger partial charge is 0.454 e. The minimum absolute atomic E-state index is 0.000785. The molecular formula is C30H34FN3O6S. The van der Waals surface area contributed by atoms with E-state index in [1.54, 1.807) is 26.0 Å². The van der Waals surface area contributed by atoms with Gasteiger partial charge >= 0.3 is 0 Å². The molecule has 1 atom stereocenters. The Morgan fingerprint density at radius 2 is 1.66 bits per heavy atom. The fourth-order valence-electron chi connectivity index (χ4n) is 4.50. The maximum atomic E-state index is 14.8. The summed E-state index contributed by atoms with van der Waals surface area (Å²) in [6.45, 7) is 4.23. The lowest BCUT2D eigenvalue weighted by molar-refractivity contribution is -0.140. The molecule has 1 aliphatic rings. The quantitative estimate of drug-likeness (QED) is 0.347. The van der Waals surface area contributed by atoms with Crippen LogP contribution in [0.1, 0.15) is 31.9 Å². The van der Waals surface area contributed by atoms with Crippen LogP contribution in [-0.4, -0.2) is 56.3 Å². The summed E-state index contributed by atoms with van der Waals surface area (Å²) >= 11 is 0. The Kier molecular flexibility index (Phi) is 9.49. The van der Waals surface area contributed by atoms with Crippen molar-refractivity contribution in [2.45, 2.75) is 45.8 Å². The van der Waals surface area contributed by atoms with Gasteiger partial charge in [0, 0.05) is 30.6 Å². The molecule has 0 aliphatic carbocycles. The normalized spacial score (nSPS) is 13.1. The molecule has 0 bridgehead atoms. The van der Waals surface area contributed by atoms with Crippen molar-refractivity contribution in [3.05, 3.63) is 89.7 Å². The molecule has 0 saturated heterocycles. The van der Waals surface area contributed by atoms with Crippen molar-refractivity contribution in [3.63, 3.8) is 0 Å². The molecule has 11 heteroatoms. The molecule has 218 valence electrons. The van der Waals surface area contributed by atoms with Gasteiger partial charge in [0.2, 0.25) is 28.6 Å². The van der Waals surface area contributed by atoms with Gasteiger partial charge in [0.15, 0.2) is 11.5 Å². The summed E-state index contributed by atoms with van der Waals surface area (Å²) in [5.74, 6) is -1.09. The van der Waals surface area contributed by atoms with Crippen LogP contribution >= 0.6 is 0 Å². The number of nitrogens with one attached hydrogen (secondary N) is 1. The number of hydrogen-bond acceptors (Lipinski definition) is 6. The molecule has 0 unspecified atom stereocenters. The summed E-state index contributed by atoms with van der Waals surface area (Å²) in [4.78, 5) is 28.9. The molecule has 0 saturated carbocycles. The molecule has 0 aromatic heterocycles. The molecular weight excluding hydrogens is 549 g/mol. The minimum atomic E-state index is -3.95. The summed E-state index contributed by atoms with van der Waals surface area (Å²) in [5.41, 5.74) is 1.20. The fourth-order valence-corrected chi connectivity index (χ4v) is 5.56. The molecule has 4 rings (SSSR count). The Morgan fingerprint density at radius 3 is 2.34 bits per heavy atom. The number of hydrogen-bond donors (Lipinski definition) is 1. The standard InChI is InChI=1S/C30H34FN3O6S/c1-4-41(37,38)34(24-14-15-27-28(17-24)40-20-39-27)19-29(35)33(18-23-12-8-9-13-25(23)31)26(30(36)32-21(2)3)16-22-10-6-5-7-11-22/h5-15,17,21,26H,4,16,18-20H2,1-3H3,(H,32,36)/t26-/m1/s1. The molecule has 3 aromatic rings. The SMILES string of the molecule is CCS(=O)(=O)N(CC(=O)N(Cc1ccccc1F)[C@H](Cc1ccccc1)C(=O)NC(C)C)c1ccc2c(c1)OCO2. The highest BCUT2D eigenvalue weighted by Gasteiger charge is 2.34. The minimum Gasteiger partial charge on any atom is -0.454 e. The van der Waals surface area contributed by atoms with Gasteiger partial charge < -0.3 is 19.7 Å². The third-order valence-electron chi connectivity index (χ3n) is 6.62. The van der Waals surface area contributed by atoms with Crippen LogP contribution in [0.4, 0.5) is 10.1 Å². The van der Waals surface area contributed by atoms with Crippen LogP contribution in [0.25, 0.3) is 0 Å². The van der Waals surface area contributed by atoms with Crippen LogP contribution in [0, 0.1) is 5.82 Å². The first-order valence-electron chi connectivity index (χ1n) is 13.4. The summed E-state index contributed by atoms with van der Waals surface area (Å²) < 4.78 is 53.1. The lowest BCUT2D eigenvalue weighted by Gasteiger charge is -2.34. The van der Waals surface area contributed by atoms with E-state index in [0.717, 1.165) is 9.87 Å². The number of carbonyl (C=O) groups is 2. The van der Waals surface area contributed by atoms with E-state index in [1.807, 2.05) is 30.3 Å². The zero-order valence-corrected chi connectivity index (χ0v) is 24.1. The Labute approximate surface area is 239 Å². The highest BCUT2D eigenvalue weighted by Crippen LogP contribution is 2.36. The van der Waals surface area contributed by atoms with E-state index >= 15 is 0 Å². The Balaban J connectivity index is 1.75. The molecule has 0 radical (unpaired) electrons. The van der Waals surface area contributed by atoms with E-state index in [0.29, 0.717) is 11.5 Å². The van der Waals surface area contributed by atoms with Crippen LogP contribution in [-0.2, 0) is 32.6 Å². The van der Waals surface area contributed by atoms with Crippen molar-refractivity contribution in [3.8, 4) is 11.5 Å². The van der Waals surface area contributed by atoms with Gasteiger partial charge in [0.1, 0.15) is 18.4 Å². The van der Waals surface area contributed by atoms with Gasteiger partial charge in [0.25, 0.3) is 0 Å². The van der Waals surface area contributed by atoms with Gasteiger partial charge in [0.05, 0.1) is 11.4 Å². The van der Waals surface area contributed by atoms with Gasteiger partial charge in [-0.15, -0.1) is 0 Å². The first-order valence-corrected chi connectivity index (χ1v) is 15.0. The second-order valence-electron chi connectivity index (χ2n) is 9.93. The Hall–Kier alpha value is -4.12. The molecule has 0 fully saturated rings. The first-order chi connectivity index (χ1) is 19.6. The van der Waals surface area contributed by atoms with Crippen molar-refractivity contribution in [2.24, 2.45) is 0 Å². The van der Waals surface area contributed by atoms with Gasteiger partial charge in [-0.2, -0.15) is 0 Å². The monoisotopic (exact) mass is 583 g/mol.